The molecule has 0 spiro atoms. The first-order valence-electron chi connectivity index (χ1n) is 8.11. The second-order valence-corrected chi connectivity index (χ2v) is 6.01. The summed E-state index contributed by atoms with van der Waals surface area (Å²) in [5.41, 5.74) is 3.85. The van der Waals surface area contributed by atoms with Crippen LogP contribution >= 0.6 is 0 Å². The zero-order valence-electron chi connectivity index (χ0n) is 14.7. The lowest BCUT2D eigenvalue weighted by atomic mass is 10.1. The van der Waals surface area contributed by atoms with Crippen molar-refractivity contribution >= 4 is 5.91 Å². The van der Waals surface area contributed by atoms with Gasteiger partial charge in [-0.05, 0) is 35.9 Å². The number of amides is 1. The van der Waals surface area contributed by atoms with Crippen molar-refractivity contribution in [3.63, 3.8) is 0 Å². The molecule has 5 heteroatoms. The molecule has 0 aliphatic carbocycles. The molecule has 25 heavy (non-hydrogen) atoms. The number of rotatable bonds is 8. The Hall–Kier alpha value is -2.68. The third kappa shape index (κ3) is 6.38. The molecule has 0 fully saturated rings. The Bertz CT molecular complexity index is 735. The van der Waals surface area contributed by atoms with Crippen LogP contribution in [0.1, 0.15) is 22.3 Å². The Morgan fingerprint density at radius 1 is 1.16 bits per heavy atom. The van der Waals surface area contributed by atoms with Gasteiger partial charge in [0.2, 0.25) is 5.91 Å². The van der Waals surface area contributed by atoms with E-state index in [0.29, 0.717) is 31.8 Å². The summed E-state index contributed by atoms with van der Waals surface area (Å²) in [7, 11) is 3.56. The van der Waals surface area contributed by atoms with Crippen molar-refractivity contribution in [2.75, 3.05) is 20.7 Å². The lowest BCUT2D eigenvalue weighted by molar-refractivity contribution is -0.122. The lowest BCUT2D eigenvalue weighted by Crippen LogP contribution is -2.34. The maximum absolute atomic E-state index is 12.1. The van der Waals surface area contributed by atoms with E-state index in [4.69, 9.17) is 10.00 Å². The molecule has 0 radical (unpaired) electrons. The summed E-state index contributed by atoms with van der Waals surface area (Å²) in [6.07, 6.45) is 0. The van der Waals surface area contributed by atoms with Crippen LogP contribution in [0, 0.1) is 11.3 Å². The van der Waals surface area contributed by atoms with E-state index in [1.54, 1.807) is 19.2 Å². The maximum atomic E-state index is 12.1. The van der Waals surface area contributed by atoms with Gasteiger partial charge in [-0.3, -0.25) is 9.69 Å². The predicted molar refractivity (Wildman–Crippen MR) is 96.5 cm³/mol. The standard InChI is InChI=1S/C20H23N3O2/c1-23(13-17-8-6-16(11-21)7-9-17)14-20(24)22-12-18-4-3-5-19(10-18)15-25-2/h3-10H,12-15H2,1-2H3,(H,22,24). The number of likely N-dealkylation sites (N-methyl/N-ethyl adjacent to an activating group) is 1. The van der Waals surface area contributed by atoms with Gasteiger partial charge in [0.25, 0.3) is 0 Å². The van der Waals surface area contributed by atoms with Crippen molar-refractivity contribution in [2.24, 2.45) is 0 Å². The number of hydrogen-bond donors (Lipinski definition) is 1. The first kappa shape index (κ1) is 18.7. The second-order valence-electron chi connectivity index (χ2n) is 6.01. The van der Waals surface area contributed by atoms with Gasteiger partial charge in [0.1, 0.15) is 0 Å². The molecule has 0 bridgehead atoms. The molecule has 1 amide bonds. The van der Waals surface area contributed by atoms with Crippen LogP contribution in [0.15, 0.2) is 48.5 Å². The normalized spacial score (nSPS) is 10.5. The maximum Gasteiger partial charge on any atom is 0.234 e. The molecule has 0 unspecified atom stereocenters. The van der Waals surface area contributed by atoms with Gasteiger partial charge < -0.3 is 10.1 Å². The summed E-state index contributed by atoms with van der Waals surface area (Å²) >= 11 is 0. The van der Waals surface area contributed by atoms with Crippen molar-refractivity contribution in [1.29, 1.82) is 5.26 Å². The van der Waals surface area contributed by atoms with E-state index in [2.05, 4.69) is 11.4 Å². The average molecular weight is 337 g/mol. The summed E-state index contributed by atoms with van der Waals surface area (Å²) in [5, 5.41) is 11.7. The van der Waals surface area contributed by atoms with Crippen LogP contribution in [-0.2, 0) is 29.2 Å². The monoisotopic (exact) mass is 337 g/mol. The largest absolute Gasteiger partial charge is 0.380 e. The van der Waals surface area contributed by atoms with Crippen molar-refractivity contribution in [2.45, 2.75) is 19.7 Å². The highest BCUT2D eigenvalue weighted by atomic mass is 16.5. The zero-order chi connectivity index (χ0) is 18.1. The molecule has 2 aromatic carbocycles. The highest BCUT2D eigenvalue weighted by Gasteiger charge is 2.07. The van der Waals surface area contributed by atoms with Crippen LogP contribution in [0.5, 0.6) is 0 Å². The van der Waals surface area contributed by atoms with Gasteiger partial charge in [-0.15, -0.1) is 0 Å². The highest BCUT2D eigenvalue weighted by molar-refractivity contribution is 5.77. The molecule has 0 saturated carbocycles. The van der Waals surface area contributed by atoms with Crippen molar-refractivity contribution in [3.05, 3.63) is 70.8 Å². The van der Waals surface area contributed by atoms with E-state index in [-0.39, 0.29) is 5.91 Å². The lowest BCUT2D eigenvalue weighted by Gasteiger charge is -2.16. The second kappa shape index (κ2) is 9.58. The van der Waals surface area contributed by atoms with Gasteiger partial charge >= 0.3 is 0 Å². The van der Waals surface area contributed by atoms with Crippen LogP contribution in [0.3, 0.4) is 0 Å². The minimum absolute atomic E-state index is 0.0201. The molecule has 130 valence electrons. The number of nitrogens with one attached hydrogen (secondary N) is 1. The topological polar surface area (TPSA) is 65.4 Å². The first-order valence-corrected chi connectivity index (χ1v) is 8.11. The molecule has 0 atom stereocenters. The molecule has 0 aromatic heterocycles. The van der Waals surface area contributed by atoms with Gasteiger partial charge in [0, 0.05) is 20.2 Å². The van der Waals surface area contributed by atoms with Crippen LogP contribution in [0.25, 0.3) is 0 Å². The SMILES string of the molecule is COCc1cccc(CNC(=O)CN(C)Cc2ccc(C#N)cc2)c1. The summed E-state index contributed by atoms with van der Waals surface area (Å²) in [4.78, 5) is 14.1. The smallest absolute Gasteiger partial charge is 0.234 e. The van der Waals surface area contributed by atoms with Gasteiger partial charge in [0.15, 0.2) is 0 Å². The van der Waals surface area contributed by atoms with E-state index < -0.39 is 0 Å². The van der Waals surface area contributed by atoms with Crippen LogP contribution in [-0.4, -0.2) is 31.5 Å². The van der Waals surface area contributed by atoms with Crippen LogP contribution in [0.2, 0.25) is 0 Å². The van der Waals surface area contributed by atoms with Gasteiger partial charge in [-0.25, -0.2) is 0 Å². The number of nitriles is 1. The van der Waals surface area contributed by atoms with Crippen LogP contribution in [0.4, 0.5) is 0 Å². The Morgan fingerprint density at radius 3 is 2.56 bits per heavy atom. The Balaban J connectivity index is 1.79. The van der Waals surface area contributed by atoms with Gasteiger partial charge in [-0.1, -0.05) is 36.4 Å². The minimum Gasteiger partial charge on any atom is -0.380 e. The minimum atomic E-state index is -0.0201. The summed E-state index contributed by atoms with van der Waals surface area (Å²) in [6.45, 7) is 2.04. The predicted octanol–water partition coefficient (Wildman–Crippen LogP) is 2.45. The third-order valence-corrected chi connectivity index (χ3v) is 3.74. The van der Waals surface area contributed by atoms with Crippen molar-refractivity contribution in [3.8, 4) is 6.07 Å². The fourth-order valence-corrected chi connectivity index (χ4v) is 2.55. The van der Waals surface area contributed by atoms with E-state index in [1.165, 1.54) is 0 Å². The van der Waals surface area contributed by atoms with Gasteiger partial charge in [0.05, 0.1) is 24.8 Å². The molecular weight excluding hydrogens is 314 g/mol. The summed E-state index contributed by atoms with van der Waals surface area (Å²) in [5.74, 6) is -0.0201. The summed E-state index contributed by atoms with van der Waals surface area (Å²) in [6, 6.07) is 17.5. The fourth-order valence-electron chi connectivity index (χ4n) is 2.55. The number of nitrogens with zero attached hydrogens (tertiary/aromatic N) is 2. The highest BCUT2D eigenvalue weighted by Crippen LogP contribution is 2.07. The third-order valence-electron chi connectivity index (χ3n) is 3.74. The first-order chi connectivity index (χ1) is 12.1. The molecular formula is C20H23N3O2. The number of carbonyl (C=O) groups excluding carboxylic acids is 1. The fraction of sp³-hybridized carbons (Fsp3) is 0.300. The number of benzene rings is 2. The molecule has 0 saturated heterocycles. The number of ether oxygens (including phenoxy) is 1. The molecule has 0 aliphatic rings. The van der Waals surface area contributed by atoms with Crippen LogP contribution < -0.4 is 5.32 Å². The molecule has 0 heterocycles. The van der Waals surface area contributed by atoms with E-state index in [9.17, 15) is 4.79 Å². The van der Waals surface area contributed by atoms with E-state index in [0.717, 1.165) is 16.7 Å². The molecule has 1 N–H and O–H groups in total. The number of carbonyl (C=O) groups is 1. The van der Waals surface area contributed by atoms with Crippen molar-refractivity contribution < 1.29 is 9.53 Å². The summed E-state index contributed by atoms with van der Waals surface area (Å²) < 4.78 is 5.12. The Morgan fingerprint density at radius 2 is 1.88 bits per heavy atom. The zero-order valence-corrected chi connectivity index (χ0v) is 14.7. The molecule has 5 nitrogen and oxygen atoms in total. The average Bonchev–Trinajstić information content (AvgIpc) is 2.61. The number of hydrogen-bond acceptors (Lipinski definition) is 4. The molecule has 2 rings (SSSR count). The van der Waals surface area contributed by atoms with Gasteiger partial charge in [-0.2, -0.15) is 5.26 Å². The van der Waals surface area contributed by atoms with E-state index in [1.807, 2.05) is 48.3 Å². The Kier molecular flexibility index (Phi) is 7.15. The van der Waals surface area contributed by atoms with E-state index >= 15 is 0 Å². The quantitative estimate of drug-likeness (QED) is 0.803. The Labute approximate surface area is 148 Å². The molecule has 0 aliphatic heterocycles. The van der Waals surface area contributed by atoms with Crippen molar-refractivity contribution in [1.82, 2.24) is 10.2 Å². The number of methoxy groups -OCH3 is 1. The molecule has 2 aromatic rings.